The van der Waals surface area contributed by atoms with Gasteiger partial charge in [0.05, 0.1) is 5.92 Å². The van der Waals surface area contributed by atoms with Gasteiger partial charge in [0, 0.05) is 6.04 Å². The van der Waals surface area contributed by atoms with Crippen LogP contribution in [0.25, 0.3) is 0 Å². The van der Waals surface area contributed by atoms with Crippen molar-refractivity contribution in [3.8, 4) is 0 Å². The summed E-state index contributed by atoms with van der Waals surface area (Å²) < 4.78 is 38.2. The Labute approximate surface area is 95.8 Å². The van der Waals surface area contributed by atoms with E-state index >= 15 is 0 Å². The highest BCUT2D eigenvalue weighted by Gasteiger charge is 2.45. The summed E-state index contributed by atoms with van der Waals surface area (Å²) in [4.78, 5) is 0. The Morgan fingerprint density at radius 3 is 2.50 bits per heavy atom. The van der Waals surface area contributed by atoms with Crippen LogP contribution in [0.3, 0.4) is 0 Å². The Morgan fingerprint density at radius 2 is 1.94 bits per heavy atom. The maximum atomic E-state index is 12.7. The summed E-state index contributed by atoms with van der Waals surface area (Å²) >= 11 is 0. The van der Waals surface area contributed by atoms with E-state index in [-0.39, 0.29) is 18.4 Å². The molecule has 0 heterocycles. The molecule has 4 heteroatoms. The first-order valence-electron chi connectivity index (χ1n) is 6.25. The topological polar surface area (TPSA) is 12.0 Å². The molecule has 0 bridgehead atoms. The number of halogens is 3. The average Bonchev–Trinajstić information content (AvgIpc) is 2.19. The van der Waals surface area contributed by atoms with Crippen molar-refractivity contribution in [3.05, 3.63) is 0 Å². The first-order chi connectivity index (χ1) is 7.45. The number of hydrogen-bond donors (Lipinski definition) is 1. The molecule has 0 aromatic carbocycles. The van der Waals surface area contributed by atoms with E-state index in [1.807, 2.05) is 0 Å². The summed E-state index contributed by atoms with van der Waals surface area (Å²) in [6.07, 6.45) is -0.0636. The van der Waals surface area contributed by atoms with Gasteiger partial charge >= 0.3 is 6.18 Å². The molecular formula is C12H22F3N. The van der Waals surface area contributed by atoms with Gasteiger partial charge in [-0.05, 0) is 38.1 Å². The normalized spacial score (nSPS) is 31.7. The molecule has 0 aliphatic heterocycles. The minimum absolute atomic E-state index is 0.0642. The summed E-state index contributed by atoms with van der Waals surface area (Å²) in [7, 11) is 0. The molecular weight excluding hydrogens is 215 g/mol. The van der Waals surface area contributed by atoms with Crippen molar-refractivity contribution in [1.82, 2.24) is 5.32 Å². The first-order valence-corrected chi connectivity index (χ1v) is 6.25. The van der Waals surface area contributed by atoms with Gasteiger partial charge in [0.2, 0.25) is 0 Å². The van der Waals surface area contributed by atoms with Gasteiger partial charge in [-0.3, -0.25) is 0 Å². The van der Waals surface area contributed by atoms with Gasteiger partial charge in [-0.25, -0.2) is 0 Å². The summed E-state index contributed by atoms with van der Waals surface area (Å²) in [5, 5.41) is 3.25. The van der Waals surface area contributed by atoms with Gasteiger partial charge in [-0.15, -0.1) is 0 Å². The lowest BCUT2D eigenvalue weighted by Crippen LogP contribution is -2.42. The summed E-state index contributed by atoms with van der Waals surface area (Å²) in [6.45, 7) is 4.66. The van der Waals surface area contributed by atoms with Crippen LogP contribution in [0.2, 0.25) is 0 Å². The molecule has 0 aromatic rings. The molecule has 0 amide bonds. The zero-order valence-corrected chi connectivity index (χ0v) is 10.1. The largest absolute Gasteiger partial charge is 0.392 e. The van der Waals surface area contributed by atoms with E-state index in [0.717, 1.165) is 25.8 Å². The van der Waals surface area contributed by atoms with Crippen molar-refractivity contribution in [2.75, 3.05) is 6.54 Å². The number of rotatable bonds is 4. The molecule has 3 atom stereocenters. The van der Waals surface area contributed by atoms with Crippen LogP contribution in [-0.4, -0.2) is 18.8 Å². The lowest BCUT2D eigenvalue weighted by atomic mass is 9.77. The molecule has 3 unspecified atom stereocenters. The second kappa shape index (κ2) is 5.89. The van der Waals surface area contributed by atoms with E-state index in [9.17, 15) is 13.2 Å². The van der Waals surface area contributed by atoms with Crippen LogP contribution in [0, 0.1) is 11.8 Å². The van der Waals surface area contributed by atoms with Crippen LogP contribution in [0.15, 0.2) is 0 Å². The van der Waals surface area contributed by atoms with Crippen molar-refractivity contribution < 1.29 is 13.2 Å². The monoisotopic (exact) mass is 237 g/mol. The van der Waals surface area contributed by atoms with E-state index < -0.39 is 12.1 Å². The SMILES string of the molecule is CCCCNC1CCC(C)C(C(F)(F)F)C1. The van der Waals surface area contributed by atoms with E-state index in [1.165, 1.54) is 0 Å². The molecule has 16 heavy (non-hydrogen) atoms. The average molecular weight is 237 g/mol. The van der Waals surface area contributed by atoms with Crippen LogP contribution in [0.4, 0.5) is 13.2 Å². The Balaban J connectivity index is 2.41. The summed E-state index contributed by atoms with van der Waals surface area (Å²) in [5.74, 6) is -1.33. The fourth-order valence-electron chi connectivity index (χ4n) is 2.45. The smallest absolute Gasteiger partial charge is 0.314 e. The molecule has 0 aromatic heterocycles. The third-order valence-electron chi connectivity index (χ3n) is 3.58. The minimum Gasteiger partial charge on any atom is -0.314 e. The van der Waals surface area contributed by atoms with Crippen LogP contribution >= 0.6 is 0 Å². The third kappa shape index (κ3) is 3.96. The van der Waals surface area contributed by atoms with Crippen LogP contribution in [0.1, 0.15) is 46.0 Å². The molecule has 1 N–H and O–H groups in total. The van der Waals surface area contributed by atoms with Crippen molar-refractivity contribution in [2.45, 2.75) is 58.2 Å². The van der Waals surface area contributed by atoms with Crippen molar-refractivity contribution in [1.29, 1.82) is 0 Å². The number of alkyl halides is 3. The van der Waals surface area contributed by atoms with Crippen LogP contribution < -0.4 is 5.32 Å². The van der Waals surface area contributed by atoms with Gasteiger partial charge in [0.15, 0.2) is 0 Å². The Bertz CT molecular complexity index is 203. The fraction of sp³-hybridized carbons (Fsp3) is 1.00. The van der Waals surface area contributed by atoms with E-state index in [0.29, 0.717) is 6.42 Å². The number of nitrogens with one attached hydrogen (secondary N) is 1. The van der Waals surface area contributed by atoms with Crippen LogP contribution in [-0.2, 0) is 0 Å². The highest BCUT2D eigenvalue weighted by molar-refractivity contribution is 4.85. The van der Waals surface area contributed by atoms with Crippen molar-refractivity contribution in [2.24, 2.45) is 11.8 Å². The molecule has 0 radical (unpaired) electrons. The lowest BCUT2D eigenvalue weighted by Gasteiger charge is -2.35. The van der Waals surface area contributed by atoms with Crippen LogP contribution in [0.5, 0.6) is 0 Å². The second-order valence-electron chi connectivity index (χ2n) is 4.94. The summed E-state index contributed by atoms with van der Waals surface area (Å²) in [5.41, 5.74) is 0. The van der Waals surface area contributed by atoms with E-state index in [1.54, 1.807) is 6.92 Å². The summed E-state index contributed by atoms with van der Waals surface area (Å²) in [6, 6.07) is 0.0642. The zero-order valence-electron chi connectivity index (χ0n) is 10.1. The number of unbranched alkanes of at least 4 members (excludes halogenated alkanes) is 1. The van der Waals surface area contributed by atoms with Crippen molar-refractivity contribution >= 4 is 0 Å². The van der Waals surface area contributed by atoms with Gasteiger partial charge in [0.25, 0.3) is 0 Å². The van der Waals surface area contributed by atoms with Gasteiger partial charge in [-0.1, -0.05) is 20.3 Å². The Hall–Kier alpha value is -0.250. The van der Waals surface area contributed by atoms with Crippen molar-refractivity contribution in [3.63, 3.8) is 0 Å². The molecule has 0 spiro atoms. The molecule has 96 valence electrons. The Morgan fingerprint density at radius 1 is 1.25 bits per heavy atom. The van der Waals surface area contributed by atoms with Gasteiger partial charge in [0.1, 0.15) is 0 Å². The number of hydrogen-bond acceptors (Lipinski definition) is 1. The predicted molar refractivity (Wildman–Crippen MR) is 59.3 cm³/mol. The third-order valence-corrected chi connectivity index (χ3v) is 3.58. The molecule has 1 saturated carbocycles. The lowest BCUT2D eigenvalue weighted by molar-refractivity contribution is -0.196. The molecule has 1 rings (SSSR count). The Kier molecular flexibility index (Phi) is 5.09. The van der Waals surface area contributed by atoms with Gasteiger partial charge < -0.3 is 5.32 Å². The molecule has 1 fully saturated rings. The zero-order chi connectivity index (χ0) is 12.2. The minimum atomic E-state index is -4.02. The molecule has 0 saturated heterocycles. The predicted octanol–water partition coefficient (Wildman–Crippen LogP) is 3.74. The maximum Gasteiger partial charge on any atom is 0.392 e. The van der Waals surface area contributed by atoms with Gasteiger partial charge in [-0.2, -0.15) is 13.2 Å². The molecule has 1 nitrogen and oxygen atoms in total. The first kappa shape index (κ1) is 13.8. The molecule has 1 aliphatic carbocycles. The highest BCUT2D eigenvalue weighted by Crippen LogP contribution is 2.41. The molecule has 1 aliphatic rings. The maximum absolute atomic E-state index is 12.7. The van der Waals surface area contributed by atoms with E-state index in [2.05, 4.69) is 12.2 Å². The highest BCUT2D eigenvalue weighted by atomic mass is 19.4. The standard InChI is InChI=1S/C12H22F3N/c1-3-4-7-16-10-6-5-9(2)11(8-10)12(13,14)15/h9-11,16H,3-8H2,1-2H3. The van der Waals surface area contributed by atoms with E-state index in [4.69, 9.17) is 0 Å². The second-order valence-corrected chi connectivity index (χ2v) is 4.94. The quantitative estimate of drug-likeness (QED) is 0.734. The fourth-order valence-corrected chi connectivity index (χ4v) is 2.45.